The van der Waals surface area contributed by atoms with Gasteiger partial charge in [0, 0.05) is 12.1 Å². The Labute approximate surface area is 170 Å². The third kappa shape index (κ3) is 5.09. The number of nitriles is 1. The molecule has 8 heteroatoms. The summed E-state index contributed by atoms with van der Waals surface area (Å²) in [5.74, 6) is -0.596. The number of nitrogens with one attached hydrogen (secondary N) is 2. The molecule has 0 radical (unpaired) electrons. The van der Waals surface area contributed by atoms with Crippen LogP contribution in [0.4, 0.5) is 4.39 Å². The van der Waals surface area contributed by atoms with Crippen molar-refractivity contribution in [2.45, 2.75) is 23.9 Å². The van der Waals surface area contributed by atoms with Crippen molar-refractivity contribution in [3.8, 4) is 17.3 Å². The molecule has 6 nitrogen and oxygen atoms in total. The molecule has 1 amide bonds. The van der Waals surface area contributed by atoms with E-state index in [4.69, 9.17) is 0 Å². The van der Waals surface area contributed by atoms with Crippen LogP contribution in [0, 0.1) is 17.1 Å². The third-order valence-electron chi connectivity index (χ3n) is 4.09. The van der Waals surface area contributed by atoms with Gasteiger partial charge in [-0.25, -0.2) is 9.37 Å². The lowest BCUT2D eigenvalue weighted by Crippen LogP contribution is -2.30. The number of amides is 1. The number of hydrogen-bond donors (Lipinski definition) is 2. The molecule has 0 saturated carbocycles. The Bertz CT molecular complexity index is 1110. The van der Waals surface area contributed by atoms with E-state index in [0.29, 0.717) is 5.56 Å². The monoisotopic (exact) mass is 408 g/mol. The van der Waals surface area contributed by atoms with E-state index in [0.717, 1.165) is 17.3 Å². The van der Waals surface area contributed by atoms with E-state index in [9.17, 15) is 19.2 Å². The smallest absolute Gasteiger partial charge is 0.270 e. The molecular weight excluding hydrogens is 391 g/mol. The molecule has 0 bridgehead atoms. The van der Waals surface area contributed by atoms with Gasteiger partial charge in [-0.05, 0) is 24.6 Å². The van der Waals surface area contributed by atoms with Crippen molar-refractivity contribution in [3.05, 3.63) is 81.9 Å². The zero-order valence-electron chi connectivity index (χ0n) is 15.5. The van der Waals surface area contributed by atoms with E-state index >= 15 is 0 Å². The molecule has 0 aliphatic heterocycles. The number of aromatic nitrogens is 2. The number of aromatic amines is 1. The molecule has 29 heavy (non-hydrogen) atoms. The summed E-state index contributed by atoms with van der Waals surface area (Å²) in [6, 6.07) is 16.7. The van der Waals surface area contributed by atoms with Gasteiger partial charge in [-0.1, -0.05) is 54.2 Å². The molecule has 0 saturated heterocycles. The van der Waals surface area contributed by atoms with Gasteiger partial charge in [0.05, 0.1) is 10.9 Å². The molecule has 3 aromatic rings. The Morgan fingerprint density at radius 1 is 1.24 bits per heavy atom. The SMILES string of the molecule is CC(Sc1nc(-c2ccccc2)c(C#N)c(=O)[nH]1)C(=O)NCc1ccc(F)cc1. The van der Waals surface area contributed by atoms with E-state index in [1.165, 1.54) is 12.1 Å². The maximum Gasteiger partial charge on any atom is 0.270 e. The van der Waals surface area contributed by atoms with Gasteiger partial charge in [0.15, 0.2) is 5.16 Å². The largest absolute Gasteiger partial charge is 0.351 e. The topological polar surface area (TPSA) is 98.6 Å². The highest BCUT2D eigenvalue weighted by atomic mass is 32.2. The summed E-state index contributed by atoms with van der Waals surface area (Å²) >= 11 is 1.08. The average Bonchev–Trinajstić information content (AvgIpc) is 2.73. The first-order chi connectivity index (χ1) is 14.0. The predicted octanol–water partition coefficient (Wildman–Crippen LogP) is 3.24. The second kappa shape index (κ2) is 9.17. The van der Waals surface area contributed by atoms with Crippen molar-refractivity contribution in [2.75, 3.05) is 0 Å². The maximum absolute atomic E-state index is 13.0. The molecule has 0 fully saturated rings. The van der Waals surface area contributed by atoms with Crippen molar-refractivity contribution in [1.82, 2.24) is 15.3 Å². The van der Waals surface area contributed by atoms with E-state index < -0.39 is 10.8 Å². The zero-order chi connectivity index (χ0) is 20.8. The van der Waals surface area contributed by atoms with E-state index in [1.54, 1.807) is 43.3 Å². The van der Waals surface area contributed by atoms with Crippen LogP contribution in [0.5, 0.6) is 0 Å². The molecule has 1 heterocycles. The van der Waals surface area contributed by atoms with Crippen LogP contribution in [0.25, 0.3) is 11.3 Å². The fourth-order valence-corrected chi connectivity index (χ4v) is 3.39. The summed E-state index contributed by atoms with van der Waals surface area (Å²) in [6.45, 7) is 1.95. The fourth-order valence-electron chi connectivity index (χ4n) is 2.57. The van der Waals surface area contributed by atoms with Crippen LogP contribution in [0.3, 0.4) is 0 Å². The van der Waals surface area contributed by atoms with Gasteiger partial charge in [0.1, 0.15) is 17.4 Å². The van der Waals surface area contributed by atoms with Gasteiger partial charge in [-0.15, -0.1) is 0 Å². The lowest BCUT2D eigenvalue weighted by Gasteiger charge is -2.12. The van der Waals surface area contributed by atoms with Gasteiger partial charge >= 0.3 is 0 Å². The van der Waals surface area contributed by atoms with Crippen molar-refractivity contribution < 1.29 is 9.18 Å². The molecule has 3 rings (SSSR count). The predicted molar refractivity (Wildman–Crippen MR) is 109 cm³/mol. The highest BCUT2D eigenvalue weighted by Crippen LogP contribution is 2.24. The minimum absolute atomic E-state index is 0.0750. The minimum Gasteiger partial charge on any atom is -0.351 e. The molecule has 0 aliphatic rings. The summed E-state index contributed by atoms with van der Waals surface area (Å²) in [5, 5.41) is 11.8. The number of carbonyl (C=O) groups is 1. The summed E-state index contributed by atoms with van der Waals surface area (Å²) in [5.41, 5.74) is 1.06. The highest BCUT2D eigenvalue weighted by molar-refractivity contribution is 8.00. The molecule has 1 unspecified atom stereocenters. The Balaban J connectivity index is 1.74. The summed E-state index contributed by atoms with van der Waals surface area (Å²) in [7, 11) is 0. The second-order valence-corrected chi connectivity index (χ2v) is 7.51. The maximum atomic E-state index is 13.0. The number of hydrogen-bond acceptors (Lipinski definition) is 5. The average molecular weight is 408 g/mol. The number of H-pyrrole nitrogens is 1. The van der Waals surface area contributed by atoms with Crippen LogP contribution in [-0.4, -0.2) is 21.1 Å². The number of carbonyl (C=O) groups excluding carboxylic acids is 1. The normalized spacial score (nSPS) is 11.5. The van der Waals surface area contributed by atoms with Gasteiger partial charge in [0.25, 0.3) is 5.56 Å². The van der Waals surface area contributed by atoms with Crippen LogP contribution in [-0.2, 0) is 11.3 Å². The molecule has 2 N–H and O–H groups in total. The lowest BCUT2D eigenvalue weighted by molar-refractivity contribution is -0.120. The van der Waals surface area contributed by atoms with Crippen molar-refractivity contribution >= 4 is 17.7 Å². The van der Waals surface area contributed by atoms with E-state index in [-0.39, 0.29) is 34.7 Å². The molecule has 146 valence electrons. The standard InChI is InChI=1S/C21H17FN4O2S/c1-13(19(27)24-12-14-7-9-16(22)10-8-14)29-21-25-18(15-5-3-2-4-6-15)17(11-23)20(28)26-21/h2-10,13H,12H2,1H3,(H,24,27)(H,25,26,28). The molecule has 1 aromatic heterocycles. The molecule has 0 aliphatic carbocycles. The number of nitrogens with zero attached hydrogens (tertiary/aromatic N) is 2. The summed E-state index contributed by atoms with van der Waals surface area (Å²) in [6.07, 6.45) is 0. The van der Waals surface area contributed by atoms with Crippen molar-refractivity contribution in [2.24, 2.45) is 0 Å². The van der Waals surface area contributed by atoms with Gasteiger partial charge < -0.3 is 10.3 Å². The van der Waals surface area contributed by atoms with Crippen LogP contribution < -0.4 is 10.9 Å². The minimum atomic E-state index is -0.553. The number of rotatable bonds is 6. The van der Waals surface area contributed by atoms with E-state index in [1.807, 2.05) is 12.1 Å². The van der Waals surface area contributed by atoms with Crippen LogP contribution in [0.2, 0.25) is 0 Å². The van der Waals surface area contributed by atoms with Crippen molar-refractivity contribution in [1.29, 1.82) is 5.26 Å². The van der Waals surface area contributed by atoms with Crippen LogP contribution in [0.1, 0.15) is 18.1 Å². The first-order valence-corrected chi connectivity index (χ1v) is 9.64. The number of halogens is 1. The van der Waals surface area contributed by atoms with Gasteiger partial charge in [-0.3, -0.25) is 9.59 Å². The molecule has 0 spiro atoms. The second-order valence-electron chi connectivity index (χ2n) is 6.18. The molecule has 1 atom stereocenters. The Kier molecular flexibility index (Phi) is 6.42. The zero-order valence-corrected chi connectivity index (χ0v) is 16.3. The number of benzene rings is 2. The van der Waals surface area contributed by atoms with Crippen LogP contribution >= 0.6 is 11.8 Å². The van der Waals surface area contributed by atoms with E-state index in [2.05, 4.69) is 15.3 Å². The summed E-state index contributed by atoms with van der Waals surface area (Å²) in [4.78, 5) is 31.6. The highest BCUT2D eigenvalue weighted by Gasteiger charge is 2.19. The third-order valence-corrected chi connectivity index (χ3v) is 5.08. The first-order valence-electron chi connectivity index (χ1n) is 8.76. The number of thioether (sulfide) groups is 1. The molecular formula is C21H17FN4O2S. The van der Waals surface area contributed by atoms with Gasteiger partial charge in [-0.2, -0.15) is 5.26 Å². The quantitative estimate of drug-likeness (QED) is 0.482. The Morgan fingerprint density at radius 3 is 2.59 bits per heavy atom. The van der Waals surface area contributed by atoms with Crippen molar-refractivity contribution in [3.63, 3.8) is 0 Å². The summed E-state index contributed by atoms with van der Waals surface area (Å²) < 4.78 is 13.0. The fraction of sp³-hybridized carbons (Fsp3) is 0.143. The lowest BCUT2D eigenvalue weighted by atomic mass is 10.1. The first kappa shape index (κ1) is 20.3. The Morgan fingerprint density at radius 2 is 1.93 bits per heavy atom. The van der Waals surface area contributed by atoms with Gasteiger partial charge in [0.2, 0.25) is 5.91 Å². The molecule has 2 aromatic carbocycles. The Hall–Kier alpha value is -3.44. The van der Waals surface area contributed by atoms with Crippen LogP contribution in [0.15, 0.2) is 64.5 Å².